The maximum atomic E-state index is 13.6. The predicted molar refractivity (Wildman–Crippen MR) is 224 cm³/mol. The Hall–Kier alpha value is -4.39. The minimum atomic E-state index is -0.981. The molecule has 3 atom stereocenters. The normalized spacial score (nSPS) is 15.1. The van der Waals surface area contributed by atoms with Crippen molar-refractivity contribution in [2.75, 3.05) is 38.5 Å². The van der Waals surface area contributed by atoms with Crippen molar-refractivity contribution in [3.8, 4) is 0 Å². The van der Waals surface area contributed by atoms with E-state index in [2.05, 4.69) is 26.6 Å². The van der Waals surface area contributed by atoms with Gasteiger partial charge in [0.1, 0.15) is 18.7 Å². The molecular weight excluding hydrogens is 759 g/mol. The van der Waals surface area contributed by atoms with Gasteiger partial charge in [-0.3, -0.25) is 24.1 Å². The van der Waals surface area contributed by atoms with E-state index >= 15 is 0 Å². The first-order valence-corrected chi connectivity index (χ1v) is 20.0. The van der Waals surface area contributed by atoms with E-state index in [0.29, 0.717) is 56.4 Å². The third-order valence-electron chi connectivity index (χ3n) is 9.74. The van der Waals surface area contributed by atoms with Crippen molar-refractivity contribution in [1.82, 2.24) is 31.1 Å². The molecule has 0 saturated carbocycles. The lowest BCUT2D eigenvalue weighted by Gasteiger charge is -2.30. The Kier molecular flexibility index (Phi) is 20.2. The zero-order valence-electron chi connectivity index (χ0n) is 33.4. The lowest BCUT2D eigenvalue weighted by molar-refractivity contribution is -0.139. The van der Waals surface area contributed by atoms with E-state index in [4.69, 9.17) is 35.3 Å². The van der Waals surface area contributed by atoms with E-state index in [1.54, 1.807) is 31.3 Å². The molecule has 1 heterocycles. The van der Waals surface area contributed by atoms with E-state index in [9.17, 15) is 33.6 Å². The number of ether oxygens (including phenoxy) is 1. The van der Waals surface area contributed by atoms with E-state index in [-0.39, 0.29) is 67.5 Å². The lowest BCUT2D eigenvalue weighted by atomic mass is 9.85. The molecule has 0 radical (unpaired) electrons. The van der Waals surface area contributed by atoms with Crippen LogP contribution >= 0.6 is 24.8 Å². The van der Waals surface area contributed by atoms with Crippen LogP contribution in [0.4, 0.5) is 15.3 Å². The van der Waals surface area contributed by atoms with Crippen LogP contribution in [-0.2, 0) is 35.3 Å². The number of nitrogens with zero attached hydrogens (tertiary/aromatic N) is 2. The molecule has 56 heavy (non-hydrogen) atoms. The fourth-order valence-corrected chi connectivity index (χ4v) is 6.47. The van der Waals surface area contributed by atoms with Gasteiger partial charge in [0, 0.05) is 56.5 Å². The number of unbranched alkanes of at least 4 members (excludes halogenated alkanes) is 1. The maximum absolute atomic E-state index is 13.6. The van der Waals surface area contributed by atoms with Gasteiger partial charge in [-0.1, -0.05) is 39.8 Å². The topological polar surface area (TPSA) is 221 Å². The van der Waals surface area contributed by atoms with Gasteiger partial charge in [0.25, 0.3) is 0 Å². The van der Waals surface area contributed by atoms with Gasteiger partial charge < -0.3 is 46.7 Å². The summed E-state index contributed by atoms with van der Waals surface area (Å²) < 4.78 is 4.80. The highest BCUT2D eigenvalue weighted by atomic mass is 32.1. The number of carbonyl (C=O) groups is 7. The SMILES string of the molecule is BC(=O)CCN(C)C(=O)OCc1ccc(NC(=O)[C@H](CCCNC(N)=O)NC(=O)[C@@H](NC(=S)NCCCCN2C(=O)CC(C(S)(CC)CC)C2=O)C(C)C)cc1. The number of amides is 7. The maximum Gasteiger partial charge on any atom is 0.409 e. The Morgan fingerprint density at radius 1 is 1.02 bits per heavy atom. The van der Waals surface area contributed by atoms with Crippen molar-refractivity contribution < 1.29 is 38.3 Å². The molecule has 0 aliphatic carbocycles. The summed E-state index contributed by atoms with van der Waals surface area (Å²) in [5, 5.41) is 14.5. The van der Waals surface area contributed by atoms with Crippen LogP contribution in [0.3, 0.4) is 0 Å². The minimum Gasteiger partial charge on any atom is -0.445 e. The molecule has 19 heteroatoms. The van der Waals surface area contributed by atoms with Crippen molar-refractivity contribution >= 4 is 84.9 Å². The summed E-state index contributed by atoms with van der Waals surface area (Å²) in [6.07, 6.45) is 2.94. The van der Waals surface area contributed by atoms with E-state index in [1.807, 2.05) is 27.7 Å². The molecule has 1 unspecified atom stereocenters. The number of thiol groups is 1. The summed E-state index contributed by atoms with van der Waals surface area (Å²) in [6.45, 7) is 8.80. The fraction of sp³-hybridized carbons (Fsp3) is 0.622. The number of rotatable bonds is 23. The van der Waals surface area contributed by atoms with Crippen LogP contribution in [0.1, 0.15) is 84.6 Å². The molecular formula is C37H59BN8O8S2. The Morgan fingerprint density at radius 3 is 2.25 bits per heavy atom. The van der Waals surface area contributed by atoms with Gasteiger partial charge in [0.2, 0.25) is 23.6 Å². The van der Waals surface area contributed by atoms with Gasteiger partial charge in [0.15, 0.2) is 13.0 Å². The number of nitrogens with two attached hydrogens (primary N) is 1. The average molecular weight is 819 g/mol. The second-order valence-electron chi connectivity index (χ2n) is 14.4. The molecule has 1 aromatic carbocycles. The summed E-state index contributed by atoms with van der Waals surface area (Å²) in [4.78, 5) is 89.9. The standard InChI is InChI=1S/C37H59BN8O8S2/c1-6-37(56,7-2)26-21-29(48)46(33(26)51)19-9-8-17-41-35(55)44-30(23(3)4)32(50)43-27(11-10-18-40-34(39)52)31(49)42-25-14-12-24(13-15-25)22-54-36(53)45(5)20-16-28(38)47/h12-15,23,26-27,30,56H,6-11,16-22,38H2,1-5H3,(H,42,49)(H,43,50)(H3,39,40,52)(H2,41,44,55)/t26?,27-,30-/m0/s1. The largest absolute Gasteiger partial charge is 0.445 e. The highest BCUT2D eigenvalue weighted by Crippen LogP contribution is 2.39. The molecule has 2 rings (SSSR count). The molecule has 0 aromatic heterocycles. The number of primary amides is 1. The molecule has 16 nitrogen and oxygen atoms in total. The quantitative estimate of drug-likeness (QED) is 0.0278. The van der Waals surface area contributed by atoms with Crippen LogP contribution < -0.4 is 32.3 Å². The molecule has 1 aliphatic heterocycles. The van der Waals surface area contributed by atoms with Crippen LogP contribution in [-0.4, -0.2) is 114 Å². The molecule has 1 aliphatic rings. The smallest absolute Gasteiger partial charge is 0.409 e. The lowest BCUT2D eigenvalue weighted by Crippen LogP contribution is -2.56. The summed E-state index contributed by atoms with van der Waals surface area (Å²) >= 11 is 10.2. The Balaban J connectivity index is 1.94. The molecule has 310 valence electrons. The fourth-order valence-electron chi connectivity index (χ4n) is 6.04. The Morgan fingerprint density at radius 2 is 1.66 bits per heavy atom. The summed E-state index contributed by atoms with van der Waals surface area (Å²) in [5.41, 5.74) is 6.26. The zero-order chi connectivity index (χ0) is 42.0. The second kappa shape index (κ2) is 23.6. The molecule has 0 spiro atoms. The van der Waals surface area contributed by atoms with Crippen molar-refractivity contribution in [2.45, 2.75) is 102 Å². The van der Waals surface area contributed by atoms with Gasteiger partial charge in [0.05, 0.1) is 11.6 Å². The molecule has 1 fully saturated rings. The van der Waals surface area contributed by atoms with Gasteiger partial charge in [-0.05, 0) is 74.4 Å². The van der Waals surface area contributed by atoms with Crippen LogP contribution in [0.5, 0.6) is 0 Å². The van der Waals surface area contributed by atoms with E-state index in [0.717, 1.165) is 0 Å². The number of hydrogen-bond acceptors (Lipinski definition) is 10. The zero-order valence-corrected chi connectivity index (χ0v) is 35.1. The van der Waals surface area contributed by atoms with Gasteiger partial charge in [-0.15, -0.1) is 0 Å². The van der Waals surface area contributed by atoms with Crippen LogP contribution in [0, 0.1) is 11.8 Å². The van der Waals surface area contributed by atoms with Gasteiger partial charge in [-0.2, -0.15) is 12.6 Å². The second-order valence-corrected chi connectivity index (χ2v) is 15.7. The molecule has 7 amide bonds. The number of nitrogens with one attached hydrogen (secondary N) is 5. The monoisotopic (exact) mass is 818 g/mol. The number of likely N-dealkylation sites (tertiary alicyclic amines) is 1. The molecule has 1 saturated heterocycles. The van der Waals surface area contributed by atoms with Crippen LogP contribution in [0.25, 0.3) is 0 Å². The van der Waals surface area contributed by atoms with Crippen molar-refractivity contribution in [3.63, 3.8) is 0 Å². The Labute approximate surface area is 341 Å². The summed E-state index contributed by atoms with van der Waals surface area (Å²) in [7, 11) is 3.00. The molecule has 7 N–H and O–H groups in total. The highest BCUT2D eigenvalue weighted by Gasteiger charge is 2.47. The highest BCUT2D eigenvalue weighted by molar-refractivity contribution is 7.81. The molecule has 0 bridgehead atoms. The third kappa shape index (κ3) is 15.6. The minimum absolute atomic E-state index is 0.0141. The average Bonchev–Trinajstić information content (AvgIpc) is 3.44. The predicted octanol–water partition coefficient (Wildman–Crippen LogP) is 1.81. The summed E-state index contributed by atoms with van der Waals surface area (Å²) in [6, 6.07) is 4.16. The number of imide groups is 1. The first-order valence-electron chi connectivity index (χ1n) is 19.1. The third-order valence-corrected chi connectivity index (χ3v) is 10.9. The number of carbonyl (C=O) groups excluding carboxylic acids is 7. The van der Waals surface area contributed by atoms with Crippen molar-refractivity contribution in [1.29, 1.82) is 0 Å². The number of urea groups is 1. The van der Waals surface area contributed by atoms with Gasteiger partial charge >= 0.3 is 12.1 Å². The van der Waals surface area contributed by atoms with Crippen molar-refractivity contribution in [2.24, 2.45) is 17.6 Å². The Bertz CT molecular complexity index is 1550. The van der Waals surface area contributed by atoms with E-state index in [1.165, 1.54) is 17.6 Å². The number of benzene rings is 1. The number of anilines is 1. The first kappa shape index (κ1) is 47.8. The van der Waals surface area contributed by atoms with Crippen molar-refractivity contribution in [3.05, 3.63) is 29.8 Å². The number of hydrogen-bond donors (Lipinski definition) is 7. The first-order chi connectivity index (χ1) is 26.4. The van der Waals surface area contributed by atoms with Gasteiger partial charge in [-0.25, -0.2) is 9.59 Å². The molecule has 1 aromatic rings. The van der Waals surface area contributed by atoms with Crippen LogP contribution in [0.15, 0.2) is 24.3 Å². The summed E-state index contributed by atoms with van der Waals surface area (Å²) in [5.74, 6) is -1.93. The number of thiocarbonyl (C=S) groups is 1. The van der Waals surface area contributed by atoms with Crippen LogP contribution in [0.2, 0.25) is 0 Å². The van der Waals surface area contributed by atoms with E-state index < -0.39 is 46.7 Å².